The Morgan fingerprint density at radius 3 is 2.45 bits per heavy atom. The van der Waals surface area contributed by atoms with E-state index in [1.54, 1.807) is 4.90 Å². The van der Waals surface area contributed by atoms with Gasteiger partial charge in [0.1, 0.15) is 6.54 Å². The van der Waals surface area contributed by atoms with E-state index >= 15 is 0 Å². The second-order valence-corrected chi connectivity index (χ2v) is 7.98. The molecule has 0 atom stereocenters. The van der Waals surface area contributed by atoms with Crippen molar-refractivity contribution in [1.82, 2.24) is 25.3 Å². The van der Waals surface area contributed by atoms with Gasteiger partial charge in [-0.1, -0.05) is 30.3 Å². The summed E-state index contributed by atoms with van der Waals surface area (Å²) < 4.78 is 0. The summed E-state index contributed by atoms with van der Waals surface area (Å²) in [6, 6.07) is 13.8. The Morgan fingerprint density at radius 2 is 1.81 bits per heavy atom. The van der Waals surface area contributed by atoms with Gasteiger partial charge >= 0.3 is 6.03 Å². The number of carbonyl (C=O) groups excluding carboxylic acids is 2. The minimum Gasteiger partial charge on any atom is -0.353 e. The Labute approximate surface area is 184 Å². The second-order valence-electron chi connectivity index (χ2n) is 7.98. The van der Waals surface area contributed by atoms with E-state index in [9.17, 15) is 9.59 Å². The largest absolute Gasteiger partial charge is 0.353 e. The molecule has 8 nitrogen and oxygen atoms in total. The maximum absolute atomic E-state index is 12.8. The SMILES string of the molecule is CCN(CC(=O)N1CCCN(c2ccc(-c3ccccc3)nn2)CC1)C(=O)NC(C)C. The molecule has 1 aromatic carbocycles. The van der Waals surface area contributed by atoms with Crippen molar-refractivity contribution in [3.8, 4) is 11.3 Å². The van der Waals surface area contributed by atoms with Crippen LogP contribution in [-0.2, 0) is 4.79 Å². The van der Waals surface area contributed by atoms with Gasteiger partial charge < -0.3 is 20.0 Å². The zero-order valence-corrected chi connectivity index (χ0v) is 18.6. The number of urea groups is 1. The van der Waals surface area contributed by atoms with Gasteiger partial charge in [-0.2, -0.15) is 0 Å². The van der Waals surface area contributed by atoms with Crippen LogP contribution in [0.25, 0.3) is 11.3 Å². The van der Waals surface area contributed by atoms with Crippen molar-refractivity contribution < 1.29 is 9.59 Å². The molecule has 1 N–H and O–H groups in total. The van der Waals surface area contributed by atoms with Crippen LogP contribution in [-0.4, -0.2) is 77.2 Å². The Bertz CT molecular complexity index is 856. The normalized spacial score (nSPS) is 14.3. The third kappa shape index (κ3) is 6.16. The molecule has 0 unspecified atom stereocenters. The smallest absolute Gasteiger partial charge is 0.318 e. The first-order valence-corrected chi connectivity index (χ1v) is 10.9. The molecule has 1 aliphatic heterocycles. The van der Waals surface area contributed by atoms with E-state index in [0.29, 0.717) is 26.2 Å². The van der Waals surface area contributed by atoms with E-state index in [1.807, 2.05) is 68.1 Å². The standard InChI is InChI=1S/C23H32N6O2/c1-4-27(23(31)24-18(2)3)17-22(30)29-14-8-13-28(15-16-29)21-12-11-20(25-26-21)19-9-6-5-7-10-19/h5-7,9-12,18H,4,8,13-17H2,1-3H3,(H,24,31). The number of carbonyl (C=O) groups is 2. The molecular weight excluding hydrogens is 392 g/mol. The van der Waals surface area contributed by atoms with Crippen LogP contribution in [0.2, 0.25) is 0 Å². The van der Waals surface area contributed by atoms with Crippen molar-refractivity contribution >= 4 is 17.8 Å². The Kier molecular flexibility index (Phi) is 7.81. The number of hydrogen-bond acceptors (Lipinski definition) is 5. The molecule has 1 aromatic heterocycles. The zero-order chi connectivity index (χ0) is 22.2. The molecule has 1 saturated heterocycles. The molecule has 0 radical (unpaired) electrons. The van der Waals surface area contributed by atoms with Crippen molar-refractivity contribution in [2.24, 2.45) is 0 Å². The maximum atomic E-state index is 12.8. The first-order valence-electron chi connectivity index (χ1n) is 10.9. The molecule has 0 aliphatic carbocycles. The predicted molar refractivity (Wildman–Crippen MR) is 122 cm³/mol. The van der Waals surface area contributed by atoms with Crippen molar-refractivity contribution in [3.05, 3.63) is 42.5 Å². The number of benzene rings is 1. The average Bonchev–Trinajstić information content (AvgIpc) is 3.04. The van der Waals surface area contributed by atoms with Crippen LogP contribution in [0.15, 0.2) is 42.5 Å². The summed E-state index contributed by atoms with van der Waals surface area (Å²) in [5.41, 5.74) is 1.88. The van der Waals surface area contributed by atoms with Crippen molar-refractivity contribution in [1.29, 1.82) is 0 Å². The number of rotatable bonds is 6. The van der Waals surface area contributed by atoms with Crippen molar-refractivity contribution in [3.63, 3.8) is 0 Å². The van der Waals surface area contributed by atoms with Crippen LogP contribution >= 0.6 is 0 Å². The summed E-state index contributed by atoms with van der Waals surface area (Å²) >= 11 is 0. The quantitative estimate of drug-likeness (QED) is 0.771. The fraction of sp³-hybridized carbons (Fsp3) is 0.478. The lowest BCUT2D eigenvalue weighted by Crippen LogP contribution is -2.48. The lowest BCUT2D eigenvalue weighted by molar-refractivity contribution is -0.131. The fourth-order valence-corrected chi connectivity index (χ4v) is 3.58. The summed E-state index contributed by atoms with van der Waals surface area (Å²) in [4.78, 5) is 30.6. The van der Waals surface area contributed by atoms with Crippen LogP contribution in [0.5, 0.6) is 0 Å². The van der Waals surface area contributed by atoms with Gasteiger partial charge in [0.05, 0.1) is 5.69 Å². The molecule has 2 heterocycles. The van der Waals surface area contributed by atoms with Gasteiger partial charge in [-0.05, 0) is 39.3 Å². The monoisotopic (exact) mass is 424 g/mol. The van der Waals surface area contributed by atoms with Crippen LogP contribution in [0.1, 0.15) is 27.2 Å². The molecule has 0 bridgehead atoms. The Morgan fingerprint density at radius 1 is 1.03 bits per heavy atom. The lowest BCUT2D eigenvalue weighted by Gasteiger charge is -2.27. The predicted octanol–water partition coefficient (Wildman–Crippen LogP) is 2.62. The number of aromatic nitrogens is 2. The average molecular weight is 425 g/mol. The van der Waals surface area contributed by atoms with Crippen LogP contribution in [0.4, 0.5) is 10.6 Å². The van der Waals surface area contributed by atoms with Gasteiger partial charge in [0.2, 0.25) is 5.91 Å². The topological polar surface area (TPSA) is 81.7 Å². The summed E-state index contributed by atoms with van der Waals surface area (Å²) in [6.45, 7) is 9.07. The van der Waals surface area contributed by atoms with Crippen LogP contribution in [0, 0.1) is 0 Å². The third-order valence-electron chi connectivity index (χ3n) is 5.30. The van der Waals surface area contributed by atoms with E-state index in [1.165, 1.54) is 0 Å². The molecule has 1 aliphatic rings. The number of amides is 3. The Balaban J connectivity index is 1.57. The summed E-state index contributed by atoms with van der Waals surface area (Å²) in [6.07, 6.45) is 0.845. The molecule has 0 saturated carbocycles. The molecule has 31 heavy (non-hydrogen) atoms. The molecule has 3 amide bonds. The van der Waals surface area contributed by atoms with Crippen molar-refractivity contribution in [2.75, 3.05) is 44.2 Å². The van der Waals surface area contributed by atoms with Gasteiger partial charge in [0.25, 0.3) is 0 Å². The highest BCUT2D eigenvalue weighted by atomic mass is 16.2. The Hall–Kier alpha value is -3.16. The lowest BCUT2D eigenvalue weighted by atomic mass is 10.1. The molecule has 166 valence electrons. The number of hydrogen-bond donors (Lipinski definition) is 1. The molecule has 2 aromatic rings. The first kappa shape index (κ1) is 22.5. The number of nitrogens with zero attached hydrogens (tertiary/aromatic N) is 5. The van der Waals surface area contributed by atoms with Crippen molar-refractivity contribution in [2.45, 2.75) is 33.2 Å². The first-order chi connectivity index (χ1) is 15.0. The van der Waals surface area contributed by atoms with E-state index in [-0.39, 0.29) is 24.5 Å². The molecule has 8 heteroatoms. The molecule has 0 spiro atoms. The van der Waals surface area contributed by atoms with E-state index in [0.717, 1.165) is 30.0 Å². The minimum atomic E-state index is -0.198. The highest BCUT2D eigenvalue weighted by Crippen LogP contribution is 2.19. The van der Waals surface area contributed by atoms with Crippen LogP contribution in [0.3, 0.4) is 0 Å². The molecular formula is C23H32N6O2. The van der Waals surface area contributed by atoms with Gasteiger partial charge in [-0.15, -0.1) is 10.2 Å². The van der Waals surface area contributed by atoms with Gasteiger partial charge in [0, 0.05) is 44.3 Å². The second kappa shape index (κ2) is 10.7. The number of nitrogens with one attached hydrogen (secondary N) is 1. The summed E-state index contributed by atoms with van der Waals surface area (Å²) in [7, 11) is 0. The minimum absolute atomic E-state index is 0.0203. The summed E-state index contributed by atoms with van der Waals surface area (Å²) in [5, 5.41) is 11.6. The van der Waals surface area contributed by atoms with E-state index in [2.05, 4.69) is 20.4 Å². The molecule has 3 rings (SSSR count). The van der Waals surface area contributed by atoms with E-state index < -0.39 is 0 Å². The van der Waals surface area contributed by atoms with Gasteiger partial charge in [-0.25, -0.2) is 4.79 Å². The highest BCUT2D eigenvalue weighted by molar-refractivity contribution is 5.84. The highest BCUT2D eigenvalue weighted by Gasteiger charge is 2.23. The number of likely N-dealkylation sites (N-methyl/N-ethyl adjacent to an activating group) is 1. The number of anilines is 1. The van der Waals surface area contributed by atoms with E-state index in [4.69, 9.17) is 0 Å². The third-order valence-corrected chi connectivity index (χ3v) is 5.30. The maximum Gasteiger partial charge on any atom is 0.318 e. The zero-order valence-electron chi connectivity index (χ0n) is 18.6. The van der Waals surface area contributed by atoms with Gasteiger partial charge in [0.15, 0.2) is 5.82 Å². The summed E-state index contributed by atoms with van der Waals surface area (Å²) in [5.74, 6) is 0.800. The van der Waals surface area contributed by atoms with Crippen LogP contribution < -0.4 is 10.2 Å². The van der Waals surface area contributed by atoms with Gasteiger partial charge in [-0.3, -0.25) is 4.79 Å². The molecule has 1 fully saturated rings. The fourth-order valence-electron chi connectivity index (χ4n) is 3.58.